The van der Waals surface area contributed by atoms with Gasteiger partial charge in [0.05, 0.1) is 37.8 Å². The summed E-state index contributed by atoms with van der Waals surface area (Å²) in [5.41, 5.74) is 4.82. The number of anilines is 2. The third-order valence-corrected chi connectivity index (χ3v) is 9.23. The number of methoxy groups -OCH3 is 1. The van der Waals surface area contributed by atoms with Gasteiger partial charge in [0.1, 0.15) is 5.75 Å². The Bertz CT molecular complexity index is 1630. The maximum atomic E-state index is 13.4. The van der Waals surface area contributed by atoms with Crippen molar-refractivity contribution in [2.75, 3.05) is 43.1 Å². The molecule has 0 spiro atoms. The number of carbonyl (C=O) groups is 2. The average molecular weight is 550 g/mol. The summed E-state index contributed by atoms with van der Waals surface area (Å²) in [5.74, 6) is 1.16. The first-order valence-electron chi connectivity index (χ1n) is 14.5. The van der Waals surface area contributed by atoms with E-state index in [1.807, 2.05) is 57.1 Å². The predicted molar refractivity (Wildman–Crippen MR) is 160 cm³/mol. The van der Waals surface area contributed by atoms with E-state index in [0.29, 0.717) is 19.0 Å². The number of piperazine rings is 1. The number of ether oxygens (including phenoxy) is 1. The summed E-state index contributed by atoms with van der Waals surface area (Å²) in [6, 6.07) is 18.0. The topological polar surface area (TPSA) is 70.9 Å². The minimum absolute atomic E-state index is 0.0314. The van der Waals surface area contributed by atoms with Crippen LogP contribution in [0.4, 0.5) is 11.4 Å². The van der Waals surface area contributed by atoms with E-state index in [1.54, 1.807) is 7.11 Å². The van der Waals surface area contributed by atoms with E-state index < -0.39 is 0 Å². The number of benzene rings is 3. The van der Waals surface area contributed by atoms with Crippen molar-refractivity contribution < 1.29 is 14.3 Å². The summed E-state index contributed by atoms with van der Waals surface area (Å²) in [5, 5.41) is 6.77. The van der Waals surface area contributed by atoms with Crippen LogP contribution in [0, 0.1) is 5.41 Å². The highest BCUT2D eigenvalue weighted by Gasteiger charge is 2.42. The second-order valence-corrected chi connectivity index (χ2v) is 11.8. The minimum Gasteiger partial charge on any atom is -0.497 e. The first-order chi connectivity index (χ1) is 19.9. The summed E-state index contributed by atoms with van der Waals surface area (Å²) in [6.07, 6.45) is 7.22. The lowest BCUT2D eigenvalue weighted by Crippen LogP contribution is -2.54. The highest BCUT2D eigenvalue weighted by Crippen LogP contribution is 2.42. The normalized spacial score (nSPS) is 17.7. The largest absolute Gasteiger partial charge is 0.497 e. The van der Waals surface area contributed by atoms with Crippen LogP contribution in [-0.4, -0.2) is 59.8 Å². The second kappa shape index (κ2) is 9.94. The maximum Gasteiger partial charge on any atom is 0.259 e. The van der Waals surface area contributed by atoms with E-state index in [1.165, 1.54) is 6.42 Å². The molecule has 0 bridgehead atoms. The predicted octanol–water partition coefficient (Wildman–Crippen LogP) is 5.09. The van der Waals surface area contributed by atoms with Crippen LogP contribution in [0.5, 0.6) is 5.75 Å². The third-order valence-electron chi connectivity index (χ3n) is 9.23. The molecule has 1 aromatic heterocycles. The fraction of sp³-hybridized carbons (Fsp3) is 0.364. The van der Waals surface area contributed by atoms with Crippen molar-refractivity contribution in [2.24, 2.45) is 5.41 Å². The number of rotatable bonds is 7. The standard InChI is InChI=1S/C33H35N5O3/c1-33(13-4-14-33)32(40)36-17-15-35(16-18-36)25-19-34-37(22-25)21-24-9-12-29-30-27(24)5-3-6-28(30)31(39)38(29)20-23-7-10-26(41-2)11-8-23/h3,5-12,19,22H,4,13-18,20-21H2,1-2H3. The van der Waals surface area contributed by atoms with Gasteiger partial charge in [0.2, 0.25) is 5.91 Å². The Morgan fingerprint density at radius 3 is 2.46 bits per heavy atom. The van der Waals surface area contributed by atoms with E-state index in [4.69, 9.17) is 4.74 Å². The molecule has 1 saturated carbocycles. The molecule has 1 saturated heterocycles. The molecule has 0 atom stereocenters. The van der Waals surface area contributed by atoms with Crippen molar-refractivity contribution in [1.82, 2.24) is 14.7 Å². The molecular weight excluding hydrogens is 514 g/mol. The summed E-state index contributed by atoms with van der Waals surface area (Å²) >= 11 is 0. The highest BCUT2D eigenvalue weighted by molar-refractivity contribution is 6.25. The fourth-order valence-corrected chi connectivity index (χ4v) is 6.56. The lowest BCUT2D eigenvalue weighted by molar-refractivity contribution is -0.146. The molecule has 1 aliphatic carbocycles. The first-order valence-corrected chi connectivity index (χ1v) is 14.5. The Balaban J connectivity index is 1.07. The number of hydrogen-bond donors (Lipinski definition) is 0. The Morgan fingerprint density at radius 2 is 1.76 bits per heavy atom. The van der Waals surface area contributed by atoms with Gasteiger partial charge in [-0.1, -0.05) is 43.7 Å². The van der Waals surface area contributed by atoms with Crippen LogP contribution in [0.1, 0.15) is 47.7 Å². The molecule has 8 nitrogen and oxygen atoms in total. The number of carbonyl (C=O) groups excluding carboxylic acids is 2. The molecule has 3 aliphatic rings. The molecule has 8 heteroatoms. The lowest BCUT2D eigenvalue weighted by atomic mass is 9.69. The highest BCUT2D eigenvalue weighted by atomic mass is 16.5. The number of aromatic nitrogens is 2. The Morgan fingerprint density at radius 1 is 0.976 bits per heavy atom. The second-order valence-electron chi connectivity index (χ2n) is 11.8. The fourth-order valence-electron chi connectivity index (χ4n) is 6.56. The van der Waals surface area contributed by atoms with Crippen molar-refractivity contribution in [3.05, 3.63) is 83.7 Å². The van der Waals surface area contributed by atoms with Gasteiger partial charge < -0.3 is 19.4 Å². The molecular formula is C33H35N5O3. The first kappa shape index (κ1) is 25.6. The van der Waals surface area contributed by atoms with Crippen molar-refractivity contribution in [3.63, 3.8) is 0 Å². The van der Waals surface area contributed by atoms with E-state index in [0.717, 1.165) is 83.6 Å². The Hall–Kier alpha value is -4.33. The smallest absolute Gasteiger partial charge is 0.259 e. The molecule has 7 rings (SSSR count). The van der Waals surface area contributed by atoms with Crippen LogP contribution in [-0.2, 0) is 17.9 Å². The van der Waals surface area contributed by atoms with Crippen molar-refractivity contribution in [3.8, 4) is 5.75 Å². The number of hydrogen-bond acceptors (Lipinski definition) is 5. The quantitative estimate of drug-likeness (QED) is 0.321. The third kappa shape index (κ3) is 4.42. The van der Waals surface area contributed by atoms with Crippen molar-refractivity contribution >= 4 is 34.0 Å². The van der Waals surface area contributed by atoms with Crippen LogP contribution in [0.15, 0.2) is 67.0 Å². The van der Waals surface area contributed by atoms with Gasteiger partial charge in [-0.25, -0.2) is 0 Å². The van der Waals surface area contributed by atoms with Gasteiger partial charge in [0.15, 0.2) is 0 Å². The molecule has 0 radical (unpaired) electrons. The van der Waals surface area contributed by atoms with Gasteiger partial charge >= 0.3 is 0 Å². The molecule has 2 fully saturated rings. The zero-order chi connectivity index (χ0) is 28.1. The molecule has 2 amide bonds. The van der Waals surface area contributed by atoms with Gasteiger partial charge in [-0.2, -0.15) is 5.10 Å². The van der Waals surface area contributed by atoms with Gasteiger partial charge in [-0.05, 0) is 53.6 Å². The molecule has 0 unspecified atom stereocenters. The van der Waals surface area contributed by atoms with Crippen LogP contribution in [0.3, 0.4) is 0 Å². The van der Waals surface area contributed by atoms with Crippen LogP contribution in [0.2, 0.25) is 0 Å². The average Bonchev–Trinajstić information content (AvgIpc) is 3.57. The minimum atomic E-state index is -0.135. The maximum absolute atomic E-state index is 13.4. The molecule has 210 valence electrons. The van der Waals surface area contributed by atoms with Crippen LogP contribution in [0.25, 0.3) is 10.8 Å². The SMILES string of the molecule is COc1ccc(CN2C(=O)c3cccc4c(Cn5cc(N6CCN(C(=O)C7(C)CCC7)CC6)cn5)ccc2c34)cc1. The summed E-state index contributed by atoms with van der Waals surface area (Å²) in [4.78, 5) is 32.6. The summed E-state index contributed by atoms with van der Waals surface area (Å²) < 4.78 is 7.25. The van der Waals surface area contributed by atoms with E-state index >= 15 is 0 Å². The molecule has 4 aromatic rings. The van der Waals surface area contributed by atoms with E-state index in [-0.39, 0.29) is 11.3 Å². The van der Waals surface area contributed by atoms with Gasteiger partial charge in [-0.15, -0.1) is 0 Å². The lowest BCUT2D eigenvalue weighted by Gasteiger charge is -2.43. The molecule has 41 heavy (non-hydrogen) atoms. The zero-order valence-corrected chi connectivity index (χ0v) is 23.7. The zero-order valence-electron chi connectivity index (χ0n) is 23.7. The Labute approximate surface area is 240 Å². The van der Waals surface area contributed by atoms with Crippen molar-refractivity contribution in [2.45, 2.75) is 39.3 Å². The molecule has 2 aliphatic heterocycles. The van der Waals surface area contributed by atoms with Gasteiger partial charge in [0, 0.05) is 48.7 Å². The monoisotopic (exact) mass is 549 g/mol. The van der Waals surface area contributed by atoms with E-state index in [9.17, 15) is 9.59 Å². The van der Waals surface area contributed by atoms with Gasteiger partial charge in [0.25, 0.3) is 5.91 Å². The summed E-state index contributed by atoms with van der Waals surface area (Å²) in [7, 11) is 1.65. The van der Waals surface area contributed by atoms with Crippen LogP contribution < -0.4 is 14.5 Å². The van der Waals surface area contributed by atoms with Gasteiger partial charge in [-0.3, -0.25) is 14.3 Å². The molecule has 0 N–H and O–H groups in total. The summed E-state index contributed by atoms with van der Waals surface area (Å²) in [6.45, 7) is 6.40. The van der Waals surface area contributed by atoms with E-state index in [2.05, 4.69) is 41.3 Å². The Kier molecular flexibility index (Phi) is 6.21. The molecule has 3 aromatic carbocycles. The van der Waals surface area contributed by atoms with Crippen LogP contribution >= 0.6 is 0 Å². The number of amides is 2. The van der Waals surface area contributed by atoms with Crippen molar-refractivity contribution in [1.29, 1.82) is 0 Å². The number of nitrogens with zero attached hydrogens (tertiary/aromatic N) is 5. The molecule has 3 heterocycles.